The predicted octanol–water partition coefficient (Wildman–Crippen LogP) is 3.67. The minimum absolute atomic E-state index is 0.0241. The van der Waals surface area contributed by atoms with Crippen molar-refractivity contribution in [3.8, 4) is 5.75 Å². The first-order valence-electron chi connectivity index (χ1n) is 12.1. The maximum atomic E-state index is 13.9. The highest BCUT2D eigenvalue weighted by Gasteiger charge is 2.44. The Morgan fingerprint density at radius 1 is 1.09 bits per heavy atom. The molecule has 2 aromatic rings. The summed E-state index contributed by atoms with van der Waals surface area (Å²) in [6.45, 7) is 3.90. The van der Waals surface area contributed by atoms with Crippen molar-refractivity contribution in [3.05, 3.63) is 53.1 Å². The average molecular weight is 484 g/mol. The molecule has 7 nitrogen and oxygen atoms in total. The molecule has 0 unspecified atom stereocenters. The van der Waals surface area contributed by atoms with Gasteiger partial charge in [-0.25, -0.2) is 13.1 Å². The zero-order valence-electron chi connectivity index (χ0n) is 20.1. The van der Waals surface area contributed by atoms with E-state index in [1.165, 1.54) is 24.3 Å². The number of hydrogen-bond acceptors (Lipinski definition) is 5. The van der Waals surface area contributed by atoms with Crippen molar-refractivity contribution in [1.29, 1.82) is 0 Å². The first-order valence-corrected chi connectivity index (χ1v) is 13.6. The Balaban J connectivity index is 1.52. The van der Waals surface area contributed by atoms with Gasteiger partial charge in [0.2, 0.25) is 10.0 Å². The lowest BCUT2D eigenvalue weighted by Gasteiger charge is -2.36. The Labute approximate surface area is 202 Å². The van der Waals surface area contributed by atoms with E-state index in [0.29, 0.717) is 5.56 Å². The second-order valence-corrected chi connectivity index (χ2v) is 11.6. The van der Waals surface area contributed by atoms with E-state index in [1.807, 2.05) is 17.0 Å². The fourth-order valence-electron chi connectivity index (χ4n) is 5.83. The van der Waals surface area contributed by atoms with Gasteiger partial charge in [0.1, 0.15) is 10.6 Å². The van der Waals surface area contributed by atoms with E-state index in [-0.39, 0.29) is 34.6 Å². The molecule has 0 aromatic heterocycles. The largest absolute Gasteiger partial charge is 0.495 e. The molecule has 2 aromatic carbocycles. The monoisotopic (exact) mass is 483 g/mol. The van der Waals surface area contributed by atoms with Crippen molar-refractivity contribution in [2.24, 2.45) is 0 Å². The number of nitrogens with one attached hydrogen (secondary N) is 1. The molecule has 1 N–H and O–H groups in total. The van der Waals surface area contributed by atoms with Crippen LogP contribution in [0.25, 0.3) is 0 Å². The van der Waals surface area contributed by atoms with Crippen LogP contribution in [0.2, 0.25) is 0 Å². The molecule has 2 aliphatic heterocycles. The van der Waals surface area contributed by atoms with E-state index in [4.69, 9.17) is 4.74 Å². The molecule has 1 amide bonds. The van der Waals surface area contributed by atoms with Gasteiger partial charge in [-0.05, 0) is 69.6 Å². The molecular weight excluding hydrogens is 450 g/mol. The third-order valence-corrected chi connectivity index (χ3v) is 9.09. The summed E-state index contributed by atoms with van der Waals surface area (Å²) in [4.78, 5) is 18.1. The van der Waals surface area contributed by atoms with Crippen molar-refractivity contribution < 1.29 is 17.9 Å². The number of carbonyl (C=O) groups excluding carboxylic acids is 1. The van der Waals surface area contributed by atoms with E-state index in [9.17, 15) is 13.2 Å². The number of sulfonamides is 1. The van der Waals surface area contributed by atoms with E-state index in [1.54, 1.807) is 12.1 Å². The van der Waals surface area contributed by atoms with Crippen LogP contribution in [0.15, 0.2) is 41.3 Å². The maximum absolute atomic E-state index is 13.9. The van der Waals surface area contributed by atoms with Gasteiger partial charge in [-0.15, -0.1) is 0 Å². The SMILES string of the molecule is COc1ccc(C(=O)N2c3ccc(C)cc3[C@@H]3CN(C)CC[C@H]32)cc1S(=O)(=O)NC1CCCC1. The highest BCUT2D eigenvalue weighted by atomic mass is 32.2. The number of nitrogens with zero attached hydrogens (tertiary/aromatic N) is 2. The normalized spacial score (nSPS) is 23.1. The molecule has 1 aliphatic carbocycles. The molecule has 0 radical (unpaired) electrons. The van der Waals surface area contributed by atoms with Crippen LogP contribution in [0.4, 0.5) is 5.69 Å². The first kappa shape index (κ1) is 23.3. The molecule has 0 spiro atoms. The minimum Gasteiger partial charge on any atom is -0.495 e. The van der Waals surface area contributed by atoms with Gasteiger partial charge in [-0.3, -0.25) is 4.79 Å². The molecule has 34 heavy (non-hydrogen) atoms. The second kappa shape index (κ2) is 8.98. The van der Waals surface area contributed by atoms with Crippen LogP contribution in [-0.4, -0.2) is 58.6 Å². The zero-order chi connectivity index (χ0) is 24.0. The van der Waals surface area contributed by atoms with Crippen molar-refractivity contribution >= 4 is 21.6 Å². The molecule has 1 saturated heterocycles. The fourth-order valence-corrected chi connectivity index (χ4v) is 7.33. The van der Waals surface area contributed by atoms with E-state index in [0.717, 1.165) is 50.9 Å². The number of aryl methyl sites for hydroxylation is 1. The lowest BCUT2D eigenvalue weighted by atomic mass is 9.88. The second-order valence-electron chi connectivity index (χ2n) is 9.93. The summed E-state index contributed by atoms with van der Waals surface area (Å²) in [7, 11) is -0.244. The third-order valence-electron chi connectivity index (χ3n) is 7.55. The summed E-state index contributed by atoms with van der Waals surface area (Å²) in [6.07, 6.45) is 4.59. The molecule has 182 valence electrons. The van der Waals surface area contributed by atoms with Crippen molar-refractivity contribution in [2.75, 3.05) is 32.1 Å². The Morgan fingerprint density at radius 2 is 1.85 bits per heavy atom. The molecule has 2 heterocycles. The lowest BCUT2D eigenvalue weighted by molar-refractivity contribution is 0.0964. The van der Waals surface area contributed by atoms with Crippen LogP contribution < -0.4 is 14.4 Å². The molecule has 3 aliphatic rings. The van der Waals surface area contributed by atoms with Gasteiger partial charge in [-0.2, -0.15) is 0 Å². The quantitative estimate of drug-likeness (QED) is 0.702. The van der Waals surface area contributed by atoms with Crippen LogP contribution in [0.5, 0.6) is 5.75 Å². The summed E-state index contributed by atoms with van der Waals surface area (Å²) in [5.74, 6) is 0.335. The number of hydrogen-bond donors (Lipinski definition) is 1. The van der Waals surface area contributed by atoms with Crippen LogP contribution in [0, 0.1) is 6.92 Å². The van der Waals surface area contributed by atoms with Gasteiger partial charge in [0.05, 0.1) is 7.11 Å². The predicted molar refractivity (Wildman–Crippen MR) is 132 cm³/mol. The minimum atomic E-state index is -3.82. The number of rotatable bonds is 5. The smallest absolute Gasteiger partial charge is 0.258 e. The highest BCUT2D eigenvalue weighted by molar-refractivity contribution is 7.89. The zero-order valence-corrected chi connectivity index (χ0v) is 20.9. The summed E-state index contributed by atoms with van der Waals surface area (Å²) in [6, 6.07) is 11.0. The average Bonchev–Trinajstić information content (AvgIpc) is 3.43. The standard InChI is InChI=1S/C26H33N3O4S/c1-17-8-10-22-20(14-17)21-16-28(2)13-12-23(21)29(22)26(30)18-9-11-24(33-3)25(15-18)34(31,32)27-19-6-4-5-7-19/h8-11,14-15,19,21,23,27H,4-7,12-13,16H2,1-3H3/t21-,23+/m0/s1. The molecule has 5 rings (SSSR count). The number of piperidine rings is 1. The van der Waals surface area contributed by atoms with Gasteiger partial charge < -0.3 is 14.5 Å². The van der Waals surface area contributed by atoms with Gasteiger partial charge in [-0.1, -0.05) is 30.5 Å². The Hall–Kier alpha value is -2.42. The first-order chi connectivity index (χ1) is 16.3. The number of likely N-dealkylation sites (N-methyl/N-ethyl adjacent to an activating group) is 1. The fraction of sp³-hybridized carbons (Fsp3) is 0.500. The molecule has 2 fully saturated rings. The number of benzene rings is 2. The molecule has 2 atom stereocenters. The number of fused-ring (bicyclic) bond motifs is 3. The molecule has 1 saturated carbocycles. The van der Waals surface area contributed by atoms with Gasteiger partial charge >= 0.3 is 0 Å². The Kier molecular flexibility index (Phi) is 6.16. The molecular formula is C26H33N3O4S. The lowest BCUT2D eigenvalue weighted by Crippen LogP contribution is -2.47. The Bertz CT molecular complexity index is 1210. The van der Waals surface area contributed by atoms with E-state index >= 15 is 0 Å². The summed E-state index contributed by atoms with van der Waals surface area (Å²) >= 11 is 0. The summed E-state index contributed by atoms with van der Waals surface area (Å²) in [5.41, 5.74) is 3.67. The number of amides is 1. The van der Waals surface area contributed by atoms with Gasteiger partial charge in [0, 0.05) is 35.8 Å². The highest BCUT2D eigenvalue weighted by Crippen LogP contribution is 2.45. The van der Waals surface area contributed by atoms with Crippen molar-refractivity contribution in [3.63, 3.8) is 0 Å². The van der Waals surface area contributed by atoms with Crippen LogP contribution in [0.3, 0.4) is 0 Å². The maximum Gasteiger partial charge on any atom is 0.258 e. The Morgan fingerprint density at radius 3 is 2.59 bits per heavy atom. The van der Waals surface area contributed by atoms with Crippen LogP contribution in [-0.2, 0) is 10.0 Å². The summed E-state index contributed by atoms with van der Waals surface area (Å²) < 4.78 is 34.7. The van der Waals surface area contributed by atoms with Crippen LogP contribution in [0.1, 0.15) is 59.5 Å². The van der Waals surface area contributed by atoms with Crippen molar-refractivity contribution in [2.45, 2.75) is 61.9 Å². The number of likely N-dealkylation sites (tertiary alicyclic amines) is 1. The number of carbonyl (C=O) groups is 1. The number of methoxy groups -OCH3 is 1. The summed E-state index contributed by atoms with van der Waals surface area (Å²) in [5, 5.41) is 0. The van der Waals surface area contributed by atoms with E-state index < -0.39 is 10.0 Å². The van der Waals surface area contributed by atoms with Gasteiger partial charge in [0.15, 0.2) is 0 Å². The topological polar surface area (TPSA) is 79.0 Å². The number of anilines is 1. The molecule has 0 bridgehead atoms. The third kappa shape index (κ3) is 4.12. The van der Waals surface area contributed by atoms with Crippen molar-refractivity contribution in [1.82, 2.24) is 9.62 Å². The molecule has 8 heteroatoms. The van der Waals surface area contributed by atoms with Crippen LogP contribution >= 0.6 is 0 Å². The van der Waals surface area contributed by atoms with Gasteiger partial charge in [0.25, 0.3) is 5.91 Å². The van der Waals surface area contributed by atoms with E-state index in [2.05, 4.69) is 29.7 Å². The number of ether oxygens (including phenoxy) is 1.